The van der Waals surface area contributed by atoms with E-state index in [4.69, 9.17) is 4.98 Å². The van der Waals surface area contributed by atoms with Crippen LogP contribution in [0.25, 0.3) is 15.9 Å². The number of thiophene rings is 1. The molecule has 0 unspecified atom stereocenters. The normalized spacial score (nSPS) is 13.3. The van der Waals surface area contributed by atoms with Crippen LogP contribution in [-0.2, 0) is 17.6 Å². The Labute approximate surface area is 215 Å². The number of aromatic nitrogens is 2. The minimum Gasteiger partial charge on any atom is -0.272 e. The predicted octanol–water partition coefficient (Wildman–Crippen LogP) is 5.29. The predicted molar refractivity (Wildman–Crippen MR) is 147 cm³/mol. The molecule has 0 atom stereocenters. The average Bonchev–Trinajstić information content (AvgIpc) is 3.27. The number of nitrogens with zero attached hydrogens (tertiary/aromatic N) is 3. The lowest BCUT2D eigenvalue weighted by atomic mass is 9.97. The summed E-state index contributed by atoms with van der Waals surface area (Å²) in [6.07, 6.45) is 7.82. The molecule has 0 saturated heterocycles. The molecule has 35 heavy (non-hydrogen) atoms. The first-order chi connectivity index (χ1) is 17.1. The maximum absolute atomic E-state index is 13.7. The molecule has 6 nitrogen and oxygen atoms in total. The number of para-hydroxylation sites is 1. The summed E-state index contributed by atoms with van der Waals surface area (Å²) in [5.74, 6) is -0.162. The fourth-order valence-electron chi connectivity index (χ4n) is 4.12. The number of amides is 1. The van der Waals surface area contributed by atoms with Gasteiger partial charge in [-0.25, -0.2) is 10.4 Å². The lowest BCUT2D eigenvalue weighted by molar-refractivity contribution is -0.118. The van der Waals surface area contributed by atoms with E-state index < -0.39 is 0 Å². The van der Waals surface area contributed by atoms with Gasteiger partial charge in [-0.15, -0.1) is 23.1 Å². The van der Waals surface area contributed by atoms with Gasteiger partial charge in [-0.1, -0.05) is 42.1 Å². The number of fused-ring (bicyclic) bond motifs is 3. The van der Waals surface area contributed by atoms with Gasteiger partial charge in [0.15, 0.2) is 5.16 Å². The van der Waals surface area contributed by atoms with Gasteiger partial charge in [-0.05, 0) is 67.3 Å². The second kappa shape index (κ2) is 10.8. The Hall–Kier alpha value is -2.88. The summed E-state index contributed by atoms with van der Waals surface area (Å²) < 4.78 is 1.64. The zero-order valence-electron chi connectivity index (χ0n) is 19.2. The van der Waals surface area contributed by atoms with E-state index in [9.17, 15) is 9.59 Å². The zero-order valence-corrected chi connectivity index (χ0v) is 21.6. The maximum Gasteiger partial charge on any atom is 0.267 e. The summed E-state index contributed by atoms with van der Waals surface area (Å²) in [6, 6.07) is 17.4. The number of hydrogen-bond acceptors (Lipinski definition) is 7. The van der Waals surface area contributed by atoms with Crippen molar-refractivity contribution in [3.8, 4) is 5.69 Å². The van der Waals surface area contributed by atoms with Crippen molar-refractivity contribution in [2.45, 2.75) is 35.7 Å². The summed E-state index contributed by atoms with van der Waals surface area (Å²) in [5, 5.41) is 5.32. The van der Waals surface area contributed by atoms with Crippen molar-refractivity contribution in [3.05, 3.63) is 81.0 Å². The Morgan fingerprint density at radius 3 is 2.69 bits per heavy atom. The highest BCUT2D eigenvalue weighted by atomic mass is 32.2. The lowest BCUT2D eigenvalue weighted by Gasteiger charge is -2.13. The number of aryl methyl sites for hydroxylation is 2. The Kier molecular flexibility index (Phi) is 7.36. The van der Waals surface area contributed by atoms with Gasteiger partial charge in [0, 0.05) is 9.77 Å². The molecule has 0 spiro atoms. The first-order valence-electron chi connectivity index (χ1n) is 11.4. The number of carbonyl (C=O) groups excluding carboxylic acids is 1. The fourth-order valence-corrected chi connectivity index (χ4v) is 6.63. The standard InChI is InChI=1S/C26H24N4O2S3/c1-33-19-13-11-17(12-14-19)15-27-29-22(31)16-34-26-28-24-23(20-9-5-6-10-21(20)35-24)25(32)30(26)18-7-3-2-4-8-18/h2-4,7-8,11-15H,5-6,9-10,16H2,1H3,(H,29,31)/b27-15+. The maximum atomic E-state index is 13.7. The largest absolute Gasteiger partial charge is 0.272 e. The molecule has 0 fully saturated rings. The second-order valence-corrected chi connectivity index (χ2v) is 11.0. The van der Waals surface area contributed by atoms with Crippen molar-refractivity contribution in [1.82, 2.24) is 15.0 Å². The highest BCUT2D eigenvalue weighted by molar-refractivity contribution is 7.99. The Morgan fingerprint density at radius 1 is 1.14 bits per heavy atom. The molecule has 178 valence electrons. The van der Waals surface area contributed by atoms with Gasteiger partial charge in [-0.2, -0.15) is 5.10 Å². The van der Waals surface area contributed by atoms with Gasteiger partial charge >= 0.3 is 0 Å². The number of carbonyl (C=O) groups is 1. The van der Waals surface area contributed by atoms with Crippen LogP contribution < -0.4 is 11.0 Å². The average molecular weight is 521 g/mol. The monoisotopic (exact) mass is 520 g/mol. The topological polar surface area (TPSA) is 76.3 Å². The summed E-state index contributed by atoms with van der Waals surface area (Å²) in [4.78, 5) is 34.3. The van der Waals surface area contributed by atoms with Crippen LogP contribution in [0.4, 0.5) is 0 Å². The van der Waals surface area contributed by atoms with E-state index in [1.165, 1.54) is 21.5 Å². The highest BCUT2D eigenvalue weighted by Crippen LogP contribution is 2.35. The Bertz CT molecular complexity index is 1440. The molecule has 1 N–H and O–H groups in total. The van der Waals surface area contributed by atoms with E-state index in [1.807, 2.05) is 60.9 Å². The molecule has 1 aliphatic rings. The Morgan fingerprint density at radius 2 is 1.91 bits per heavy atom. The van der Waals surface area contributed by atoms with Crippen molar-refractivity contribution in [3.63, 3.8) is 0 Å². The van der Waals surface area contributed by atoms with Crippen molar-refractivity contribution >= 4 is 57.2 Å². The van der Waals surface area contributed by atoms with E-state index in [-0.39, 0.29) is 17.2 Å². The summed E-state index contributed by atoms with van der Waals surface area (Å²) in [6.45, 7) is 0. The summed E-state index contributed by atoms with van der Waals surface area (Å²) in [5.41, 5.74) is 5.33. The molecular weight excluding hydrogens is 497 g/mol. The quantitative estimate of drug-likeness (QED) is 0.155. The molecule has 4 aromatic rings. The van der Waals surface area contributed by atoms with Gasteiger partial charge in [0.2, 0.25) is 0 Å². The molecule has 2 aromatic carbocycles. The number of rotatable bonds is 7. The van der Waals surface area contributed by atoms with E-state index in [2.05, 4.69) is 10.5 Å². The van der Waals surface area contributed by atoms with Crippen LogP contribution in [0.5, 0.6) is 0 Å². The third kappa shape index (κ3) is 5.22. The molecular formula is C26H24N4O2S3. The van der Waals surface area contributed by atoms with E-state index in [0.29, 0.717) is 5.16 Å². The highest BCUT2D eigenvalue weighted by Gasteiger charge is 2.23. The fraction of sp³-hybridized carbons (Fsp3) is 0.231. The van der Waals surface area contributed by atoms with Crippen LogP contribution in [-0.4, -0.2) is 33.7 Å². The second-order valence-electron chi connectivity index (χ2n) is 8.12. The molecule has 5 rings (SSSR count). The lowest BCUT2D eigenvalue weighted by Crippen LogP contribution is -2.24. The molecule has 0 bridgehead atoms. The van der Waals surface area contributed by atoms with Crippen molar-refractivity contribution < 1.29 is 4.79 Å². The number of hydrazone groups is 1. The summed E-state index contributed by atoms with van der Waals surface area (Å²) >= 11 is 4.54. The SMILES string of the molecule is CSc1ccc(/C=N/NC(=O)CSc2nc3sc4c(c3c(=O)n2-c2ccccc2)CCCC4)cc1. The molecule has 0 radical (unpaired) electrons. The minimum absolute atomic E-state index is 0.0600. The number of nitrogens with one attached hydrogen (secondary N) is 1. The minimum atomic E-state index is -0.258. The van der Waals surface area contributed by atoms with Gasteiger partial charge in [0.25, 0.3) is 11.5 Å². The van der Waals surface area contributed by atoms with Crippen molar-refractivity contribution in [2.24, 2.45) is 5.10 Å². The number of thioether (sulfide) groups is 2. The zero-order chi connectivity index (χ0) is 24.2. The molecule has 9 heteroatoms. The van der Waals surface area contributed by atoms with Crippen LogP contribution in [0.15, 0.2) is 74.5 Å². The molecule has 1 aliphatic carbocycles. The third-order valence-electron chi connectivity index (χ3n) is 5.82. The first kappa shape index (κ1) is 23.8. The van der Waals surface area contributed by atoms with Crippen LogP contribution in [0.3, 0.4) is 0 Å². The van der Waals surface area contributed by atoms with Gasteiger partial charge in [-0.3, -0.25) is 14.2 Å². The van der Waals surface area contributed by atoms with Crippen LogP contribution in [0, 0.1) is 0 Å². The van der Waals surface area contributed by atoms with Gasteiger partial charge < -0.3 is 0 Å². The number of hydrogen-bond donors (Lipinski definition) is 1. The number of benzene rings is 2. The first-order valence-corrected chi connectivity index (χ1v) is 14.4. The third-order valence-corrected chi connectivity index (χ3v) is 8.69. The van der Waals surface area contributed by atoms with Gasteiger partial charge in [0.05, 0.1) is 23.0 Å². The molecule has 0 saturated carbocycles. The molecule has 2 aromatic heterocycles. The van der Waals surface area contributed by atoms with Crippen molar-refractivity contribution in [1.29, 1.82) is 0 Å². The van der Waals surface area contributed by atoms with E-state index >= 15 is 0 Å². The molecule has 0 aliphatic heterocycles. The molecule has 1 amide bonds. The van der Waals surface area contributed by atoms with Crippen LogP contribution >= 0.6 is 34.9 Å². The smallest absolute Gasteiger partial charge is 0.267 e. The Balaban J connectivity index is 1.38. The van der Waals surface area contributed by atoms with Gasteiger partial charge in [0.1, 0.15) is 4.83 Å². The van der Waals surface area contributed by atoms with E-state index in [1.54, 1.807) is 33.9 Å². The van der Waals surface area contributed by atoms with Crippen LogP contribution in [0.2, 0.25) is 0 Å². The summed E-state index contributed by atoms with van der Waals surface area (Å²) in [7, 11) is 0. The molecule has 2 heterocycles. The van der Waals surface area contributed by atoms with Crippen LogP contribution in [0.1, 0.15) is 28.8 Å². The van der Waals surface area contributed by atoms with Crippen molar-refractivity contribution in [2.75, 3.05) is 12.0 Å². The van der Waals surface area contributed by atoms with E-state index in [0.717, 1.165) is 52.7 Å².